The second kappa shape index (κ2) is 6.55. The Morgan fingerprint density at radius 1 is 1.32 bits per heavy atom. The molecule has 0 saturated carbocycles. The Hall–Kier alpha value is -1.77. The summed E-state index contributed by atoms with van der Waals surface area (Å²) in [6.07, 6.45) is 0. The summed E-state index contributed by atoms with van der Waals surface area (Å²) in [7, 11) is 0. The van der Waals surface area contributed by atoms with E-state index in [0.29, 0.717) is 6.54 Å². The van der Waals surface area contributed by atoms with Crippen molar-refractivity contribution >= 4 is 58.4 Å². The number of halogens is 3. The van der Waals surface area contributed by atoms with Gasteiger partial charge in [0.2, 0.25) is 0 Å². The summed E-state index contributed by atoms with van der Waals surface area (Å²) in [4.78, 5) is 39.5. The van der Waals surface area contributed by atoms with E-state index in [0.717, 1.165) is 4.90 Å². The van der Waals surface area contributed by atoms with Gasteiger partial charge in [0, 0.05) is 13.1 Å². The van der Waals surface area contributed by atoms with Gasteiger partial charge in [-0.15, -0.1) is 0 Å². The van der Waals surface area contributed by atoms with Crippen LogP contribution >= 0.6 is 34.8 Å². The second-order valence-corrected chi connectivity index (χ2v) is 5.26. The molecular formula is C11H9Cl3N4O4. The van der Waals surface area contributed by atoms with Crippen molar-refractivity contribution in [3.63, 3.8) is 0 Å². The van der Waals surface area contributed by atoms with Crippen LogP contribution in [-0.4, -0.2) is 47.5 Å². The molecule has 22 heavy (non-hydrogen) atoms. The number of rotatable bonds is 3. The Morgan fingerprint density at radius 3 is 2.59 bits per heavy atom. The van der Waals surface area contributed by atoms with Gasteiger partial charge in [-0.1, -0.05) is 34.8 Å². The van der Waals surface area contributed by atoms with Gasteiger partial charge in [0.1, 0.15) is 5.02 Å². The third-order valence-electron chi connectivity index (χ3n) is 2.75. The number of nitrogens with zero attached hydrogens (tertiary/aromatic N) is 2. The van der Waals surface area contributed by atoms with E-state index in [4.69, 9.17) is 45.3 Å². The van der Waals surface area contributed by atoms with Crippen LogP contribution < -0.4 is 11.1 Å². The maximum absolute atomic E-state index is 11.9. The molecule has 1 aromatic rings. The number of anilines is 1. The molecule has 118 valence electrons. The van der Waals surface area contributed by atoms with Gasteiger partial charge in [-0.25, -0.2) is 14.6 Å². The molecule has 3 amide bonds. The van der Waals surface area contributed by atoms with Gasteiger partial charge in [-0.2, -0.15) is 0 Å². The van der Waals surface area contributed by atoms with Crippen molar-refractivity contribution in [2.75, 3.05) is 25.4 Å². The van der Waals surface area contributed by atoms with Crippen molar-refractivity contribution in [3.05, 3.63) is 20.9 Å². The summed E-state index contributed by atoms with van der Waals surface area (Å²) in [5, 5.41) is 1.90. The number of esters is 1. The topological polar surface area (TPSA) is 115 Å². The summed E-state index contributed by atoms with van der Waals surface area (Å²) in [6.45, 7) is -0.104. The molecule has 0 aliphatic carbocycles. The number of ether oxygens (including phenoxy) is 1. The zero-order valence-corrected chi connectivity index (χ0v) is 13.1. The van der Waals surface area contributed by atoms with Crippen molar-refractivity contribution < 1.29 is 19.1 Å². The van der Waals surface area contributed by atoms with Crippen molar-refractivity contribution in [1.29, 1.82) is 0 Å². The first-order valence-electron chi connectivity index (χ1n) is 5.88. The van der Waals surface area contributed by atoms with Crippen LogP contribution in [0.15, 0.2) is 0 Å². The largest absolute Gasteiger partial charge is 0.451 e. The lowest BCUT2D eigenvalue weighted by molar-refractivity contribution is -0.130. The predicted octanol–water partition coefficient (Wildman–Crippen LogP) is 1.33. The molecule has 0 radical (unpaired) electrons. The second-order valence-electron chi connectivity index (χ2n) is 4.15. The van der Waals surface area contributed by atoms with Crippen LogP contribution in [0.2, 0.25) is 15.2 Å². The van der Waals surface area contributed by atoms with E-state index in [9.17, 15) is 14.4 Å². The molecule has 11 heteroatoms. The lowest BCUT2D eigenvalue weighted by Gasteiger charge is -2.13. The SMILES string of the molecule is Nc1c(Cl)c(Cl)nc(C(=O)OCC(=O)N2CCNC2=O)c1Cl. The molecule has 0 bridgehead atoms. The normalized spacial score (nSPS) is 14.0. The van der Waals surface area contributed by atoms with Gasteiger partial charge in [0.25, 0.3) is 5.91 Å². The summed E-state index contributed by atoms with van der Waals surface area (Å²) >= 11 is 17.3. The summed E-state index contributed by atoms with van der Waals surface area (Å²) in [5.41, 5.74) is 5.08. The molecule has 0 spiro atoms. The first-order chi connectivity index (χ1) is 10.3. The summed E-state index contributed by atoms with van der Waals surface area (Å²) < 4.78 is 4.77. The van der Waals surface area contributed by atoms with Crippen LogP contribution in [0.4, 0.5) is 10.5 Å². The molecule has 0 atom stereocenters. The average molecular weight is 368 g/mol. The number of hydrogen-bond acceptors (Lipinski definition) is 6. The molecule has 1 saturated heterocycles. The number of amides is 3. The summed E-state index contributed by atoms with van der Waals surface area (Å²) in [6, 6.07) is -0.545. The van der Waals surface area contributed by atoms with E-state index in [-0.39, 0.29) is 33.1 Å². The number of imide groups is 1. The van der Waals surface area contributed by atoms with Crippen LogP contribution in [0.25, 0.3) is 0 Å². The van der Waals surface area contributed by atoms with E-state index < -0.39 is 24.5 Å². The molecule has 0 unspecified atom stereocenters. The Morgan fingerprint density at radius 2 is 2.00 bits per heavy atom. The zero-order chi connectivity index (χ0) is 16.4. The van der Waals surface area contributed by atoms with Crippen molar-refractivity contribution in [2.45, 2.75) is 0 Å². The maximum atomic E-state index is 11.9. The Labute approximate surface area is 139 Å². The van der Waals surface area contributed by atoms with E-state index in [1.165, 1.54) is 0 Å². The van der Waals surface area contributed by atoms with Crippen LogP contribution in [-0.2, 0) is 9.53 Å². The highest BCUT2D eigenvalue weighted by Crippen LogP contribution is 2.34. The molecule has 3 N–H and O–H groups in total. The first kappa shape index (κ1) is 16.6. The van der Waals surface area contributed by atoms with E-state index in [1.54, 1.807) is 0 Å². The fourth-order valence-corrected chi connectivity index (χ4v) is 2.24. The Bertz CT molecular complexity index is 667. The molecule has 1 aromatic heterocycles. The lowest BCUT2D eigenvalue weighted by atomic mass is 10.3. The number of urea groups is 1. The molecule has 0 aromatic carbocycles. The number of nitrogen functional groups attached to an aromatic ring is 1. The molecule has 1 fully saturated rings. The number of aromatic nitrogens is 1. The fourth-order valence-electron chi connectivity index (χ4n) is 1.65. The van der Waals surface area contributed by atoms with Crippen molar-refractivity contribution in [2.24, 2.45) is 0 Å². The van der Waals surface area contributed by atoms with Crippen LogP contribution in [0.3, 0.4) is 0 Å². The molecule has 2 rings (SSSR count). The van der Waals surface area contributed by atoms with E-state index in [1.807, 2.05) is 0 Å². The minimum atomic E-state index is -1.01. The molecule has 8 nitrogen and oxygen atoms in total. The summed E-state index contributed by atoms with van der Waals surface area (Å²) in [5.74, 6) is -1.68. The number of carbonyl (C=O) groups excluding carboxylic acids is 3. The quantitative estimate of drug-likeness (QED) is 0.615. The number of pyridine rings is 1. The van der Waals surface area contributed by atoms with E-state index >= 15 is 0 Å². The minimum Gasteiger partial charge on any atom is -0.451 e. The van der Waals surface area contributed by atoms with Gasteiger partial charge in [0.05, 0.1) is 10.7 Å². The highest BCUT2D eigenvalue weighted by atomic mass is 35.5. The van der Waals surface area contributed by atoms with Gasteiger partial charge >= 0.3 is 12.0 Å². The first-order valence-corrected chi connectivity index (χ1v) is 7.01. The van der Waals surface area contributed by atoms with Gasteiger partial charge in [0.15, 0.2) is 17.5 Å². The monoisotopic (exact) mass is 366 g/mol. The third kappa shape index (κ3) is 3.18. The van der Waals surface area contributed by atoms with Crippen molar-refractivity contribution in [1.82, 2.24) is 15.2 Å². The molecular weight excluding hydrogens is 359 g/mol. The lowest BCUT2D eigenvalue weighted by Crippen LogP contribution is -2.37. The van der Waals surface area contributed by atoms with Crippen molar-refractivity contribution in [3.8, 4) is 0 Å². The Kier molecular flexibility index (Phi) is 4.94. The number of nitrogens with one attached hydrogen (secondary N) is 1. The number of hydrogen-bond donors (Lipinski definition) is 2. The van der Waals surface area contributed by atoms with Gasteiger partial charge in [-0.05, 0) is 0 Å². The van der Waals surface area contributed by atoms with Gasteiger partial charge < -0.3 is 15.8 Å². The fraction of sp³-hybridized carbons (Fsp3) is 0.273. The predicted molar refractivity (Wildman–Crippen MR) is 79.1 cm³/mol. The highest BCUT2D eigenvalue weighted by Gasteiger charge is 2.28. The average Bonchev–Trinajstić information content (AvgIpc) is 2.92. The number of nitrogens with two attached hydrogens (primary N) is 1. The maximum Gasteiger partial charge on any atom is 0.359 e. The molecule has 2 heterocycles. The zero-order valence-electron chi connectivity index (χ0n) is 10.9. The van der Waals surface area contributed by atoms with Crippen LogP contribution in [0.1, 0.15) is 10.5 Å². The van der Waals surface area contributed by atoms with E-state index in [2.05, 4.69) is 10.3 Å². The van der Waals surface area contributed by atoms with Gasteiger partial charge in [-0.3, -0.25) is 9.69 Å². The van der Waals surface area contributed by atoms with Crippen LogP contribution in [0.5, 0.6) is 0 Å². The highest BCUT2D eigenvalue weighted by molar-refractivity contribution is 6.46. The Balaban J connectivity index is 2.07. The minimum absolute atomic E-state index is 0.0898. The number of carbonyl (C=O) groups is 3. The smallest absolute Gasteiger partial charge is 0.359 e. The molecule has 1 aliphatic heterocycles. The van der Waals surface area contributed by atoms with Crippen LogP contribution in [0, 0.1) is 0 Å². The molecule has 1 aliphatic rings. The standard InChI is InChI=1S/C11H9Cl3N4O4/c12-5-7(15)6(13)9(14)17-8(5)10(20)22-3-4(19)18-2-1-16-11(18)21/h1-3H2,(H2,15,17)(H,16,21). The third-order valence-corrected chi connectivity index (χ3v) is 3.89.